The Morgan fingerprint density at radius 1 is 0.667 bits per heavy atom. The summed E-state index contributed by atoms with van der Waals surface area (Å²) in [6.07, 6.45) is 0. The molecule has 4 fully saturated rings. The molecule has 4 aliphatic rings. The fraction of sp³-hybridized carbons (Fsp3) is 0.929. The summed E-state index contributed by atoms with van der Waals surface area (Å²) >= 11 is 35.3. The van der Waals surface area contributed by atoms with Gasteiger partial charge in [-0.25, -0.2) is 0 Å². The highest BCUT2D eigenvalue weighted by atomic mass is 35.5. The molecule has 0 atom stereocenters. The van der Waals surface area contributed by atoms with Gasteiger partial charge in [-0.05, 0) is 0 Å². The first-order valence-corrected chi connectivity index (χ1v) is 10.3. The van der Waals surface area contributed by atoms with E-state index in [1.807, 2.05) is 0 Å². The van der Waals surface area contributed by atoms with Crippen molar-refractivity contribution >= 4 is 75.6 Å². The van der Waals surface area contributed by atoms with Crippen LogP contribution in [0.3, 0.4) is 0 Å². The second-order valence-corrected chi connectivity index (χ2v) is 8.89. The molecule has 24 heavy (non-hydrogen) atoms. The number of halogens is 6. The first kappa shape index (κ1) is 23.2. The number of rotatable bonds is 0. The number of hydrogen-bond donors (Lipinski definition) is 1. The summed E-state index contributed by atoms with van der Waals surface area (Å²) in [7, 11) is 0. The molecule has 1 aliphatic carbocycles. The summed E-state index contributed by atoms with van der Waals surface area (Å²) in [5.41, 5.74) is 0. The average Bonchev–Trinajstić information content (AvgIpc) is 2.58. The first-order valence-electron chi connectivity index (χ1n) is 7.63. The number of aliphatic carboxylic acids is 1. The highest BCUT2D eigenvalue weighted by Crippen LogP contribution is 2.39. The van der Waals surface area contributed by atoms with Crippen LogP contribution in [0.25, 0.3) is 0 Å². The molecule has 2 bridgehead atoms. The van der Waals surface area contributed by atoms with E-state index in [1.165, 1.54) is 39.3 Å². The SMILES string of the molecule is C1CN2CCN1CC2.CC(=O)O.ClC1C(Cl)C(Cl)C(Cl)C(Cl)C1Cl. The van der Waals surface area contributed by atoms with Crippen molar-refractivity contribution in [1.82, 2.24) is 9.80 Å². The van der Waals surface area contributed by atoms with Gasteiger partial charge in [0.25, 0.3) is 5.97 Å². The van der Waals surface area contributed by atoms with Gasteiger partial charge in [0.1, 0.15) is 0 Å². The standard InChI is InChI=1S/C6H6Cl6.C6H12N2.C2H4O2/c7-1-2(8)4(10)6(12)5(11)3(1)9;1-2-8-5-3-7(1)4-6-8;1-2(3)4/h1-6H;1-6H2;1H3,(H,3,4). The Bertz CT molecular complexity index is 312. The summed E-state index contributed by atoms with van der Waals surface area (Å²) in [5.74, 6) is -0.833. The molecule has 0 aromatic heterocycles. The minimum absolute atomic E-state index is 0.437. The van der Waals surface area contributed by atoms with Gasteiger partial charge in [-0.15, -0.1) is 69.6 Å². The van der Waals surface area contributed by atoms with E-state index in [1.54, 1.807) is 0 Å². The normalized spacial score (nSPS) is 43.8. The molecule has 3 aliphatic heterocycles. The van der Waals surface area contributed by atoms with E-state index in [2.05, 4.69) is 9.80 Å². The number of nitrogens with zero attached hydrogens (tertiary/aromatic N) is 2. The van der Waals surface area contributed by atoms with Crippen LogP contribution in [0.5, 0.6) is 0 Å². The van der Waals surface area contributed by atoms with E-state index in [-0.39, 0.29) is 0 Å². The lowest BCUT2D eigenvalue weighted by Crippen LogP contribution is -2.55. The van der Waals surface area contributed by atoms with Crippen LogP contribution >= 0.6 is 69.6 Å². The van der Waals surface area contributed by atoms with Crippen molar-refractivity contribution in [3.05, 3.63) is 0 Å². The molecular weight excluding hydrogens is 441 g/mol. The average molecular weight is 463 g/mol. The zero-order valence-corrected chi connectivity index (χ0v) is 17.8. The third-order valence-corrected chi connectivity index (χ3v) is 8.05. The van der Waals surface area contributed by atoms with Crippen LogP contribution in [-0.2, 0) is 4.79 Å². The first-order chi connectivity index (χ1) is 11.1. The second-order valence-electron chi connectivity index (χ2n) is 5.87. The van der Waals surface area contributed by atoms with Gasteiger partial charge >= 0.3 is 0 Å². The highest BCUT2D eigenvalue weighted by molar-refractivity contribution is 6.45. The van der Waals surface area contributed by atoms with Gasteiger partial charge in [0.05, 0.1) is 32.3 Å². The molecule has 3 saturated heterocycles. The Labute approximate surface area is 173 Å². The van der Waals surface area contributed by atoms with E-state index in [0.29, 0.717) is 0 Å². The fourth-order valence-corrected chi connectivity index (χ4v) is 4.90. The zero-order chi connectivity index (χ0) is 18.4. The lowest BCUT2D eigenvalue weighted by Gasteiger charge is -2.41. The molecule has 142 valence electrons. The molecule has 0 radical (unpaired) electrons. The summed E-state index contributed by atoms with van der Waals surface area (Å²) in [4.78, 5) is 14.1. The van der Waals surface area contributed by atoms with Crippen molar-refractivity contribution in [2.45, 2.75) is 39.2 Å². The minimum Gasteiger partial charge on any atom is -0.481 e. The van der Waals surface area contributed by atoms with Crippen molar-refractivity contribution in [2.24, 2.45) is 0 Å². The van der Waals surface area contributed by atoms with Gasteiger partial charge in [-0.2, -0.15) is 0 Å². The van der Waals surface area contributed by atoms with Gasteiger partial charge < -0.3 is 5.11 Å². The van der Waals surface area contributed by atoms with Gasteiger partial charge in [0, 0.05) is 46.2 Å². The summed E-state index contributed by atoms with van der Waals surface area (Å²) < 4.78 is 0. The second kappa shape index (κ2) is 11.1. The maximum Gasteiger partial charge on any atom is 0.300 e. The van der Waals surface area contributed by atoms with Crippen molar-refractivity contribution < 1.29 is 9.90 Å². The van der Waals surface area contributed by atoms with Crippen molar-refractivity contribution in [3.63, 3.8) is 0 Å². The van der Waals surface area contributed by atoms with Crippen LogP contribution in [0, 0.1) is 0 Å². The zero-order valence-electron chi connectivity index (χ0n) is 13.2. The number of carboxylic acid groups (broad SMARTS) is 1. The molecule has 4 rings (SSSR count). The van der Waals surface area contributed by atoms with Crippen LogP contribution in [0.15, 0.2) is 0 Å². The highest BCUT2D eigenvalue weighted by Gasteiger charge is 2.46. The largest absolute Gasteiger partial charge is 0.481 e. The van der Waals surface area contributed by atoms with Gasteiger partial charge in [0.15, 0.2) is 0 Å². The molecular formula is C14H22Cl6N2O2. The predicted octanol–water partition coefficient (Wildman–Crippen LogP) is 3.35. The number of carboxylic acids is 1. The maximum atomic E-state index is 9.00. The Morgan fingerprint density at radius 3 is 0.875 bits per heavy atom. The summed E-state index contributed by atoms with van der Waals surface area (Å²) in [6, 6.07) is 0. The molecule has 10 heteroatoms. The van der Waals surface area contributed by atoms with Gasteiger partial charge in [0.2, 0.25) is 0 Å². The fourth-order valence-electron chi connectivity index (χ4n) is 2.57. The van der Waals surface area contributed by atoms with Crippen LogP contribution < -0.4 is 0 Å². The van der Waals surface area contributed by atoms with E-state index in [0.717, 1.165) is 6.92 Å². The van der Waals surface area contributed by atoms with Gasteiger partial charge in [-0.3, -0.25) is 14.6 Å². The van der Waals surface area contributed by atoms with Crippen LogP contribution in [-0.4, -0.2) is 92.4 Å². The van der Waals surface area contributed by atoms with Crippen LogP contribution in [0.4, 0.5) is 0 Å². The molecule has 1 saturated carbocycles. The van der Waals surface area contributed by atoms with E-state index < -0.39 is 38.2 Å². The quantitative estimate of drug-likeness (QED) is 0.561. The molecule has 0 aromatic rings. The number of alkyl halides is 6. The van der Waals surface area contributed by atoms with Crippen molar-refractivity contribution in [3.8, 4) is 0 Å². The minimum atomic E-state index is -0.833. The van der Waals surface area contributed by atoms with Crippen LogP contribution in [0.2, 0.25) is 0 Å². The van der Waals surface area contributed by atoms with Crippen molar-refractivity contribution in [2.75, 3.05) is 39.3 Å². The summed E-state index contributed by atoms with van der Waals surface area (Å²) in [5, 5.41) is 4.80. The maximum absolute atomic E-state index is 9.00. The van der Waals surface area contributed by atoms with Crippen molar-refractivity contribution in [1.29, 1.82) is 0 Å². The summed E-state index contributed by atoms with van der Waals surface area (Å²) in [6.45, 7) is 9.00. The lowest BCUT2D eigenvalue weighted by atomic mass is 9.97. The molecule has 0 aromatic carbocycles. The third-order valence-electron chi connectivity index (χ3n) is 4.02. The Kier molecular flexibility index (Phi) is 10.7. The monoisotopic (exact) mass is 460 g/mol. The number of carbonyl (C=O) groups is 1. The molecule has 0 amide bonds. The molecule has 0 unspecified atom stereocenters. The van der Waals surface area contributed by atoms with Crippen LogP contribution in [0.1, 0.15) is 6.92 Å². The van der Waals surface area contributed by atoms with E-state index in [9.17, 15) is 0 Å². The van der Waals surface area contributed by atoms with E-state index >= 15 is 0 Å². The molecule has 4 nitrogen and oxygen atoms in total. The number of piperazine rings is 3. The Morgan fingerprint density at radius 2 is 0.792 bits per heavy atom. The third kappa shape index (κ3) is 7.03. The molecule has 3 heterocycles. The van der Waals surface area contributed by atoms with E-state index in [4.69, 9.17) is 79.5 Å². The van der Waals surface area contributed by atoms with Gasteiger partial charge in [-0.1, -0.05) is 0 Å². The number of fused-ring (bicyclic) bond motifs is 3. The number of hydrogen-bond acceptors (Lipinski definition) is 3. The Balaban J connectivity index is 0.000000205. The topological polar surface area (TPSA) is 43.8 Å². The molecule has 1 N–H and O–H groups in total. The predicted molar refractivity (Wildman–Crippen MR) is 104 cm³/mol. The smallest absolute Gasteiger partial charge is 0.300 e. The molecule has 0 spiro atoms. The Hall–Kier alpha value is 1.13. The lowest BCUT2D eigenvalue weighted by molar-refractivity contribution is -0.134.